The maximum absolute atomic E-state index is 5.21. The van der Waals surface area contributed by atoms with Crippen LogP contribution in [-0.2, 0) is 9.47 Å². The van der Waals surface area contributed by atoms with Crippen molar-refractivity contribution < 1.29 is 9.47 Å². The van der Waals surface area contributed by atoms with E-state index in [9.17, 15) is 0 Å². The molecule has 0 aromatic carbocycles. The van der Waals surface area contributed by atoms with Gasteiger partial charge in [-0.2, -0.15) is 0 Å². The second-order valence-corrected chi connectivity index (χ2v) is 2.58. The number of ether oxygens (including phenoxy) is 2. The normalized spacial score (nSPS) is 27.0. The lowest BCUT2D eigenvalue weighted by atomic mass is 10.2. The van der Waals surface area contributed by atoms with E-state index < -0.39 is 0 Å². The molecule has 0 aromatic rings. The van der Waals surface area contributed by atoms with E-state index >= 15 is 0 Å². The summed E-state index contributed by atoms with van der Waals surface area (Å²) in [6.45, 7) is 8.32. The molecule has 0 radical (unpaired) electrons. The Kier molecular flexibility index (Phi) is 1.76. The van der Waals surface area contributed by atoms with E-state index in [1.54, 1.807) is 0 Å². The largest absolute Gasteiger partial charge is 0.467 e. The van der Waals surface area contributed by atoms with Crippen molar-refractivity contribution in [2.24, 2.45) is 5.92 Å². The van der Waals surface area contributed by atoms with Crippen LogP contribution in [0.5, 0.6) is 0 Å². The second kappa shape index (κ2) is 2.40. The highest BCUT2D eigenvalue weighted by atomic mass is 16.7. The maximum Gasteiger partial charge on any atom is 0.202 e. The monoisotopic (exact) mass is 128 g/mol. The van der Waals surface area contributed by atoms with Crippen molar-refractivity contribution in [2.45, 2.75) is 20.1 Å². The lowest BCUT2D eigenvalue weighted by Gasteiger charge is -2.11. The zero-order chi connectivity index (χ0) is 6.85. The lowest BCUT2D eigenvalue weighted by Crippen LogP contribution is -2.14. The molecule has 0 amide bonds. The molecule has 0 aliphatic carbocycles. The van der Waals surface area contributed by atoms with Crippen LogP contribution in [0.4, 0.5) is 0 Å². The van der Waals surface area contributed by atoms with Gasteiger partial charge in [-0.25, -0.2) is 0 Å². The summed E-state index contributed by atoms with van der Waals surface area (Å²) in [6.07, 6.45) is -0.0579. The van der Waals surface area contributed by atoms with E-state index in [0.29, 0.717) is 12.5 Å². The Balaban J connectivity index is 2.39. The molecule has 0 saturated carbocycles. The van der Waals surface area contributed by atoms with Gasteiger partial charge < -0.3 is 9.47 Å². The van der Waals surface area contributed by atoms with Crippen molar-refractivity contribution in [1.82, 2.24) is 0 Å². The van der Waals surface area contributed by atoms with Crippen LogP contribution in [0.25, 0.3) is 0 Å². The Hall–Kier alpha value is -0.500. The van der Waals surface area contributed by atoms with Gasteiger partial charge in [0.05, 0.1) is 0 Å². The third-order valence-electron chi connectivity index (χ3n) is 1.24. The highest BCUT2D eigenvalue weighted by molar-refractivity contribution is 4.87. The summed E-state index contributed by atoms with van der Waals surface area (Å²) in [4.78, 5) is 0. The minimum Gasteiger partial charge on any atom is -0.467 e. The van der Waals surface area contributed by atoms with E-state index in [-0.39, 0.29) is 6.29 Å². The van der Waals surface area contributed by atoms with Crippen molar-refractivity contribution in [1.29, 1.82) is 0 Å². The first-order valence-corrected chi connectivity index (χ1v) is 3.16. The summed E-state index contributed by atoms with van der Waals surface area (Å²) in [7, 11) is 0. The van der Waals surface area contributed by atoms with Crippen LogP contribution in [0.2, 0.25) is 0 Å². The van der Waals surface area contributed by atoms with E-state index in [1.807, 2.05) is 0 Å². The molecule has 2 nitrogen and oxygen atoms in total. The molecule has 0 aromatic heterocycles. The Labute approximate surface area is 55.5 Å². The fourth-order valence-corrected chi connectivity index (χ4v) is 0.736. The van der Waals surface area contributed by atoms with Gasteiger partial charge in [-0.1, -0.05) is 20.4 Å². The lowest BCUT2D eigenvalue weighted by molar-refractivity contribution is -0.0641. The van der Waals surface area contributed by atoms with Gasteiger partial charge in [0.2, 0.25) is 6.29 Å². The minimum atomic E-state index is -0.0579. The Morgan fingerprint density at radius 2 is 2.33 bits per heavy atom. The number of rotatable bonds is 1. The Morgan fingerprint density at radius 1 is 1.67 bits per heavy atom. The zero-order valence-corrected chi connectivity index (χ0v) is 5.89. The highest BCUT2D eigenvalue weighted by Crippen LogP contribution is 2.18. The van der Waals surface area contributed by atoms with Gasteiger partial charge in [0.15, 0.2) is 0 Å². The molecular formula is C7H12O2. The molecule has 0 spiro atoms. The van der Waals surface area contributed by atoms with E-state index in [4.69, 9.17) is 9.47 Å². The molecule has 1 aliphatic heterocycles. The van der Waals surface area contributed by atoms with Crippen LogP contribution in [0.1, 0.15) is 13.8 Å². The van der Waals surface area contributed by atoms with Crippen LogP contribution >= 0.6 is 0 Å². The summed E-state index contributed by atoms with van der Waals surface area (Å²) in [5.41, 5.74) is 0. The van der Waals surface area contributed by atoms with E-state index in [0.717, 1.165) is 5.76 Å². The predicted octanol–water partition coefficient (Wildman–Crippen LogP) is 1.53. The Morgan fingerprint density at radius 3 is 2.56 bits per heavy atom. The van der Waals surface area contributed by atoms with Crippen molar-refractivity contribution in [3.8, 4) is 0 Å². The molecule has 52 valence electrons. The number of hydrogen-bond acceptors (Lipinski definition) is 2. The molecule has 2 heteroatoms. The molecule has 1 unspecified atom stereocenters. The predicted molar refractivity (Wildman–Crippen MR) is 34.8 cm³/mol. The first kappa shape index (κ1) is 6.62. The van der Waals surface area contributed by atoms with Crippen molar-refractivity contribution in [3.63, 3.8) is 0 Å². The van der Waals surface area contributed by atoms with Crippen LogP contribution in [0.15, 0.2) is 12.3 Å². The van der Waals surface area contributed by atoms with Gasteiger partial charge in [0.25, 0.3) is 0 Å². The van der Waals surface area contributed by atoms with Crippen molar-refractivity contribution >= 4 is 0 Å². The molecule has 1 rings (SSSR count). The van der Waals surface area contributed by atoms with Gasteiger partial charge in [0.1, 0.15) is 12.4 Å². The van der Waals surface area contributed by atoms with Crippen molar-refractivity contribution in [2.75, 3.05) is 6.61 Å². The fourth-order valence-electron chi connectivity index (χ4n) is 0.736. The van der Waals surface area contributed by atoms with Crippen LogP contribution in [-0.4, -0.2) is 12.9 Å². The van der Waals surface area contributed by atoms with Gasteiger partial charge in [-0.3, -0.25) is 0 Å². The van der Waals surface area contributed by atoms with Crippen molar-refractivity contribution in [3.05, 3.63) is 12.3 Å². The van der Waals surface area contributed by atoms with Crippen LogP contribution < -0.4 is 0 Å². The van der Waals surface area contributed by atoms with Crippen LogP contribution in [0.3, 0.4) is 0 Å². The molecule has 9 heavy (non-hydrogen) atoms. The van der Waals surface area contributed by atoms with E-state index in [2.05, 4.69) is 20.4 Å². The third kappa shape index (κ3) is 1.45. The van der Waals surface area contributed by atoms with Crippen LogP contribution in [0, 0.1) is 5.92 Å². The highest BCUT2D eigenvalue weighted by Gasteiger charge is 2.22. The first-order valence-electron chi connectivity index (χ1n) is 3.16. The third-order valence-corrected chi connectivity index (χ3v) is 1.24. The Bertz CT molecular complexity index is 118. The summed E-state index contributed by atoms with van der Waals surface area (Å²) < 4.78 is 10.4. The summed E-state index contributed by atoms with van der Waals surface area (Å²) >= 11 is 0. The summed E-state index contributed by atoms with van der Waals surface area (Å²) in [5.74, 6) is 1.16. The fraction of sp³-hybridized carbons (Fsp3) is 0.714. The zero-order valence-electron chi connectivity index (χ0n) is 5.89. The molecule has 0 N–H and O–H groups in total. The number of hydrogen-bond donors (Lipinski definition) is 0. The minimum absolute atomic E-state index is 0.0579. The molecule has 1 heterocycles. The second-order valence-electron chi connectivity index (χ2n) is 2.58. The molecule has 1 saturated heterocycles. The van der Waals surface area contributed by atoms with Gasteiger partial charge in [-0.15, -0.1) is 0 Å². The maximum atomic E-state index is 5.21. The smallest absolute Gasteiger partial charge is 0.202 e. The topological polar surface area (TPSA) is 18.5 Å². The van der Waals surface area contributed by atoms with Gasteiger partial charge >= 0.3 is 0 Å². The first-order chi connectivity index (χ1) is 4.20. The van der Waals surface area contributed by atoms with E-state index in [1.165, 1.54) is 0 Å². The quantitative estimate of drug-likeness (QED) is 0.533. The van der Waals surface area contributed by atoms with Gasteiger partial charge in [0, 0.05) is 5.92 Å². The molecule has 1 aliphatic rings. The average molecular weight is 128 g/mol. The molecular weight excluding hydrogens is 116 g/mol. The van der Waals surface area contributed by atoms with Gasteiger partial charge in [-0.05, 0) is 0 Å². The SMILES string of the molecule is C=C1COC(C(C)C)O1. The summed E-state index contributed by atoms with van der Waals surface area (Å²) in [6, 6.07) is 0. The molecule has 0 bridgehead atoms. The average Bonchev–Trinajstić information content (AvgIpc) is 2.14. The standard InChI is InChI=1S/C7H12O2/c1-5(2)7-8-4-6(3)9-7/h5,7H,3-4H2,1-2H3. The molecule has 1 atom stereocenters. The molecule has 1 fully saturated rings. The summed E-state index contributed by atoms with van der Waals surface area (Å²) in [5, 5.41) is 0.